The molecule has 0 aromatic heterocycles. The molecule has 4 heteroatoms. The highest BCUT2D eigenvalue weighted by molar-refractivity contribution is 5.73. The van der Waals surface area contributed by atoms with E-state index in [0.29, 0.717) is 0 Å². The first-order valence-corrected chi connectivity index (χ1v) is 9.74. The van der Waals surface area contributed by atoms with Gasteiger partial charge in [-0.15, -0.1) is 0 Å². The molecule has 0 aromatic carbocycles. The summed E-state index contributed by atoms with van der Waals surface area (Å²) in [5, 5.41) is 0. The molecule has 24 heavy (non-hydrogen) atoms. The van der Waals surface area contributed by atoms with Gasteiger partial charge in [0.1, 0.15) is 12.7 Å². The molecule has 0 N–H and O–H groups in total. The molecule has 0 radical (unpaired) electrons. The number of esters is 2. The predicted octanol–water partition coefficient (Wildman–Crippen LogP) is 5.14. The van der Waals surface area contributed by atoms with E-state index in [1.165, 1.54) is 0 Å². The number of hydrogen-bond acceptors (Lipinski definition) is 4. The third-order valence-corrected chi connectivity index (χ3v) is 4.55. The molecule has 0 amide bonds. The summed E-state index contributed by atoms with van der Waals surface area (Å²) in [6, 6.07) is 0. The molecule has 0 spiro atoms. The fourth-order valence-corrected chi connectivity index (χ4v) is 2.70. The number of hydrogen-bond donors (Lipinski definition) is 0. The van der Waals surface area contributed by atoms with Gasteiger partial charge in [0, 0.05) is 0 Å². The van der Waals surface area contributed by atoms with Crippen LogP contribution in [-0.2, 0) is 19.1 Å². The highest BCUT2D eigenvalue weighted by Crippen LogP contribution is 2.19. The number of unbranched alkanes of at least 4 members (excludes halogenated alkanes) is 1. The average molecular weight is 343 g/mol. The lowest BCUT2D eigenvalue weighted by Gasteiger charge is -2.26. The molecule has 0 aromatic rings. The molecule has 0 aliphatic rings. The summed E-state index contributed by atoms with van der Waals surface area (Å²) in [6.45, 7) is 12.3. The van der Waals surface area contributed by atoms with Crippen LogP contribution >= 0.6 is 0 Å². The molecule has 0 rings (SSSR count). The molecule has 4 atom stereocenters. The van der Waals surface area contributed by atoms with E-state index < -0.39 is 0 Å². The number of carbonyl (C=O) groups excluding carboxylic acids is 2. The molecular formula is C20H38O4. The highest BCUT2D eigenvalue weighted by atomic mass is 16.6. The summed E-state index contributed by atoms with van der Waals surface area (Å²) in [5.41, 5.74) is 0. The van der Waals surface area contributed by atoms with E-state index in [1.807, 2.05) is 13.8 Å². The van der Waals surface area contributed by atoms with Crippen molar-refractivity contribution < 1.29 is 19.1 Å². The number of carbonyl (C=O) groups is 2. The van der Waals surface area contributed by atoms with Crippen LogP contribution in [-0.4, -0.2) is 24.6 Å². The van der Waals surface area contributed by atoms with Crippen molar-refractivity contribution in [2.24, 2.45) is 17.8 Å². The van der Waals surface area contributed by atoms with Gasteiger partial charge in [0.2, 0.25) is 0 Å². The van der Waals surface area contributed by atoms with Crippen LogP contribution in [0.5, 0.6) is 0 Å². The van der Waals surface area contributed by atoms with E-state index in [-0.39, 0.29) is 42.4 Å². The lowest BCUT2D eigenvalue weighted by Crippen LogP contribution is -2.34. The molecule has 0 saturated carbocycles. The quantitative estimate of drug-likeness (QED) is 0.435. The summed E-state index contributed by atoms with van der Waals surface area (Å²) in [7, 11) is 0. The van der Waals surface area contributed by atoms with Crippen molar-refractivity contribution >= 4 is 11.9 Å². The van der Waals surface area contributed by atoms with Crippen molar-refractivity contribution in [3.05, 3.63) is 0 Å². The molecule has 0 aliphatic heterocycles. The van der Waals surface area contributed by atoms with Gasteiger partial charge in [0.15, 0.2) is 0 Å². The fourth-order valence-electron chi connectivity index (χ4n) is 2.70. The van der Waals surface area contributed by atoms with E-state index in [9.17, 15) is 9.59 Å². The second-order valence-corrected chi connectivity index (χ2v) is 7.10. The van der Waals surface area contributed by atoms with Crippen LogP contribution < -0.4 is 0 Å². The van der Waals surface area contributed by atoms with Crippen LogP contribution in [0.2, 0.25) is 0 Å². The molecule has 0 heterocycles. The molecule has 4 nitrogen and oxygen atoms in total. The fraction of sp³-hybridized carbons (Fsp3) is 0.900. The minimum absolute atomic E-state index is 0.101. The van der Waals surface area contributed by atoms with Crippen LogP contribution in [0, 0.1) is 17.8 Å². The summed E-state index contributed by atoms with van der Waals surface area (Å²) in [6.07, 6.45) is 6.36. The SMILES string of the molecule is CCCCC(C)C(COC(=O)C(C)CCC)OC(=O)C(C)CCC. The van der Waals surface area contributed by atoms with Gasteiger partial charge in [-0.1, -0.05) is 67.2 Å². The number of ether oxygens (including phenoxy) is 2. The number of rotatable bonds is 13. The smallest absolute Gasteiger partial charge is 0.309 e. The summed E-state index contributed by atoms with van der Waals surface area (Å²) >= 11 is 0. The van der Waals surface area contributed by atoms with Gasteiger partial charge in [0.25, 0.3) is 0 Å². The first kappa shape index (κ1) is 22.9. The van der Waals surface area contributed by atoms with Crippen LogP contribution in [0.1, 0.15) is 86.5 Å². The molecule has 0 aliphatic carbocycles. The second kappa shape index (κ2) is 13.3. The molecule has 0 bridgehead atoms. The highest BCUT2D eigenvalue weighted by Gasteiger charge is 2.26. The van der Waals surface area contributed by atoms with Crippen LogP contribution in [0.15, 0.2) is 0 Å². The van der Waals surface area contributed by atoms with Crippen LogP contribution in [0.4, 0.5) is 0 Å². The minimum atomic E-state index is -0.346. The van der Waals surface area contributed by atoms with E-state index >= 15 is 0 Å². The molecular weight excluding hydrogens is 304 g/mol. The topological polar surface area (TPSA) is 52.6 Å². The Morgan fingerprint density at radius 3 is 1.83 bits per heavy atom. The summed E-state index contributed by atoms with van der Waals surface area (Å²) in [5.74, 6) is -0.385. The predicted molar refractivity (Wildman–Crippen MR) is 97.7 cm³/mol. The van der Waals surface area contributed by atoms with Crippen LogP contribution in [0.3, 0.4) is 0 Å². The molecule has 4 unspecified atom stereocenters. The van der Waals surface area contributed by atoms with Gasteiger partial charge in [-0.3, -0.25) is 9.59 Å². The third-order valence-electron chi connectivity index (χ3n) is 4.55. The Labute approximate surface area is 148 Å². The Kier molecular flexibility index (Phi) is 12.7. The average Bonchev–Trinajstić information content (AvgIpc) is 2.56. The Hall–Kier alpha value is -1.06. The van der Waals surface area contributed by atoms with Gasteiger partial charge in [-0.2, -0.15) is 0 Å². The largest absolute Gasteiger partial charge is 0.462 e. The van der Waals surface area contributed by atoms with Gasteiger partial charge in [-0.05, 0) is 25.2 Å². The van der Waals surface area contributed by atoms with Gasteiger partial charge in [0.05, 0.1) is 11.8 Å². The first-order chi connectivity index (χ1) is 11.4. The van der Waals surface area contributed by atoms with Crippen molar-refractivity contribution in [2.75, 3.05) is 6.61 Å². The zero-order chi connectivity index (χ0) is 18.5. The Balaban J connectivity index is 4.68. The first-order valence-electron chi connectivity index (χ1n) is 9.74. The van der Waals surface area contributed by atoms with Crippen molar-refractivity contribution in [3.63, 3.8) is 0 Å². The Morgan fingerprint density at radius 1 is 0.792 bits per heavy atom. The van der Waals surface area contributed by atoms with E-state index in [2.05, 4.69) is 27.7 Å². The summed E-state index contributed by atoms with van der Waals surface area (Å²) in [4.78, 5) is 24.3. The van der Waals surface area contributed by atoms with Gasteiger partial charge in [-0.25, -0.2) is 0 Å². The van der Waals surface area contributed by atoms with Gasteiger partial charge >= 0.3 is 11.9 Å². The van der Waals surface area contributed by atoms with E-state index in [4.69, 9.17) is 9.47 Å². The van der Waals surface area contributed by atoms with Crippen molar-refractivity contribution in [1.82, 2.24) is 0 Å². The Morgan fingerprint density at radius 2 is 1.33 bits per heavy atom. The minimum Gasteiger partial charge on any atom is -0.462 e. The zero-order valence-corrected chi connectivity index (χ0v) is 16.6. The normalized spacial score (nSPS) is 16.1. The molecule has 0 saturated heterocycles. The van der Waals surface area contributed by atoms with Crippen molar-refractivity contribution in [1.29, 1.82) is 0 Å². The second-order valence-electron chi connectivity index (χ2n) is 7.10. The van der Waals surface area contributed by atoms with E-state index in [1.54, 1.807) is 0 Å². The molecule has 142 valence electrons. The van der Waals surface area contributed by atoms with Crippen molar-refractivity contribution in [3.8, 4) is 0 Å². The monoisotopic (exact) mass is 342 g/mol. The summed E-state index contributed by atoms with van der Waals surface area (Å²) < 4.78 is 11.1. The lowest BCUT2D eigenvalue weighted by molar-refractivity contribution is -0.167. The van der Waals surface area contributed by atoms with E-state index in [0.717, 1.165) is 44.9 Å². The lowest BCUT2D eigenvalue weighted by atomic mass is 9.98. The van der Waals surface area contributed by atoms with Crippen LogP contribution in [0.25, 0.3) is 0 Å². The Bertz CT molecular complexity index is 354. The standard InChI is InChI=1S/C20H38O4/c1-7-10-13-15(4)18(24-20(22)17(6)12-9-3)14-23-19(21)16(5)11-8-2/h15-18H,7-14H2,1-6H3. The molecule has 0 fully saturated rings. The zero-order valence-electron chi connectivity index (χ0n) is 16.6. The van der Waals surface area contributed by atoms with Crippen molar-refractivity contribution in [2.45, 2.75) is 92.6 Å². The maximum atomic E-state index is 12.2. The maximum absolute atomic E-state index is 12.2. The maximum Gasteiger partial charge on any atom is 0.309 e. The van der Waals surface area contributed by atoms with Gasteiger partial charge < -0.3 is 9.47 Å². The third kappa shape index (κ3) is 9.29.